The largest absolute Gasteiger partial charge is 0.397 e. The molecule has 3 rings (SSSR count). The van der Waals surface area contributed by atoms with E-state index in [0.717, 1.165) is 0 Å². The van der Waals surface area contributed by atoms with Crippen molar-refractivity contribution in [2.45, 2.75) is 0 Å². The average molecular weight is 272 g/mol. The second-order valence-corrected chi connectivity index (χ2v) is 4.60. The lowest BCUT2D eigenvalue weighted by Gasteiger charge is -2.01. The molecule has 2 aromatic rings. The van der Waals surface area contributed by atoms with E-state index in [4.69, 9.17) is 17.3 Å². The molecule has 0 spiro atoms. The van der Waals surface area contributed by atoms with Gasteiger partial charge < -0.3 is 11.1 Å². The zero-order valence-electron chi connectivity index (χ0n) is 9.85. The highest BCUT2D eigenvalue weighted by molar-refractivity contribution is 6.54. The van der Waals surface area contributed by atoms with Crippen LogP contribution in [0.4, 0.5) is 17.1 Å². The molecule has 0 fully saturated rings. The van der Waals surface area contributed by atoms with Crippen molar-refractivity contribution in [1.29, 1.82) is 0 Å². The Morgan fingerprint density at radius 2 is 1.95 bits per heavy atom. The van der Waals surface area contributed by atoms with Crippen LogP contribution in [0.25, 0.3) is 0 Å². The molecule has 2 aromatic carbocycles. The van der Waals surface area contributed by atoms with Crippen LogP contribution in [-0.2, 0) is 4.79 Å². The Labute approximate surface area is 114 Å². The molecule has 4 nitrogen and oxygen atoms in total. The van der Waals surface area contributed by atoms with Crippen molar-refractivity contribution in [2.75, 3.05) is 11.1 Å². The van der Waals surface area contributed by atoms with E-state index in [1.807, 2.05) is 12.1 Å². The van der Waals surface area contributed by atoms with Gasteiger partial charge in [0.25, 0.3) is 5.91 Å². The Kier molecular flexibility index (Phi) is 2.72. The fraction of sp³-hybridized carbons (Fsp3) is 0. The fourth-order valence-electron chi connectivity index (χ4n) is 1.95. The van der Waals surface area contributed by atoms with Crippen molar-refractivity contribution in [1.82, 2.24) is 0 Å². The molecule has 1 amide bonds. The first-order chi connectivity index (χ1) is 9.15. The first kappa shape index (κ1) is 11.7. The van der Waals surface area contributed by atoms with Gasteiger partial charge in [0.05, 0.1) is 17.1 Å². The summed E-state index contributed by atoms with van der Waals surface area (Å²) >= 11 is 5.95. The normalized spacial score (nSPS) is 15.4. The van der Waals surface area contributed by atoms with Gasteiger partial charge in [0.1, 0.15) is 5.71 Å². The second kappa shape index (κ2) is 4.40. The number of carbonyl (C=O) groups is 1. The van der Waals surface area contributed by atoms with E-state index in [-0.39, 0.29) is 5.91 Å². The predicted octanol–water partition coefficient (Wildman–Crippen LogP) is 3.00. The van der Waals surface area contributed by atoms with Crippen molar-refractivity contribution in [3.05, 3.63) is 53.1 Å². The SMILES string of the molecule is Nc1ccccc1N=C1C(=O)Nc2ccc(Cl)cc21. The molecule has 1 heterocycles. The summed E-state index contributed by atoms with van der Waals surface area (Å²) in [4.78, 5) is 16.3. The third-order valence-electron chi connectivity index (χ3n) is 2.87. The van der Waals surface area contributed by atoms with Gasteiger partial charge in [-0.2, -0.15) is 0 Å². The smallest absolute Gasteiger partial charge is 0.275 e. The molecular formula is C14H10ClN3O. The molecule has 1 aliphatic rings. The number of nitrogens with two attached hydrogens (primary N) is 1. The summed E-state index contributed by atoms with van der Waals surface area (Å²) in [5.41, 5.74) is 8.66. The summed E-state index contributed by atoms with van der Waals surface area (Å²) in [7, 11) is 0. The number of nitrogens with zero attached hydrogens (tertiary/aromatic N) is 1. The Morgan fingerprint density at radius 1 is 1.16 bits per heavy atom. The molecule has 0 bridgehead atoms. The number of carbonyl (C=O) groups excluding carboxylic acids is 1. The van der Waals surface area contributed by atoms with Gasteiger partial charge in [0, 0.05) is 10.6 Å². The zero-order valence-corrected chi connectivity index (χ0v) is 10.6. The standard InChI is InChI=1S/C14H10ClN3O/c15-8-5-6-11-9(7-8)13(14(19)18-11)17-12-4-2-1-3-10(12)16/h1-7H,16H2,(H,17,18,19). The number of hydrogen-bond donors (Lipinski definition) is 2. The summed E-state index contributed by atoms with van der Waals surface area (Å²) in [5.74, 6) is -0.250. The van der Waals surface area contributed by atoms with Crippen molar-refractivity contribution in [3.8, 4) is 0 Å². The molecule has 94 valence electrons. The molecule has 3 N–H and O–H groups in total. The number of anilines is 2. The third kappa shape index (κ3) is 2.06. The van der Waals surface area contributed by atoms with Crippen LogP contribution in [-0.4, -0.2) is 11.6 Å². The van der Waals surface area contributed by atoms with Gasteiger partial charge in [-0.05, 0) is 30.3 Å². The maximum absolute atomic E-state index is 11.9. The molecule has 19 heavy (non-hydrogen) atoms. The molecule has 0 aliphatic carbocycles. The summed E-state index contributed by atoms with van der Waals surface area (Å²) in [6.45, 7) is 0. The highest BCUT2D eigenvalue weighted by Crippen LogP contribution is 2.29. The maximum atomic E-state index is 11.9. The minimum atomic E-state index is -0.250. The van der Waals surface area contributed by atoms with Crippen LogP contribution in [0.3, 0.4) is 0 Å². The minimum absolute atomic E-state index is 0.250. The molecule has 0 saturated carbocycles. The number of halogens is 1. The van der Waals surface area contributed by atoms with Gasteiger partial charge >= 0.3 is 0 Å². The first-order valence-electron chi connectivity index (χ1n) is 5.69. The number of hydrogen-bond acceptors (Lipinski definition) is 3. The number of aliphatic imine (C=N–C) groups is 1. The number of para-hydroxylation sites is 2. The van der Waals surface area contributed by atoms with E-state index in [2.05, 4.69) is 10.3 Å². The molecule has 1 aliphatic heterocycles. The Bertz CT molecular complexity index is 710. The van der Waals surface area contributed by atoms with Gasteiger partial charge in [-0.15, -0.1) is 0 Å². The number of nitrogens with one attached hydrogen (secondary N) is 1. The van der Waals surface area contributed by atoms with E-state index in [1.54, 1.807) is 30.3 Å². The third-order valence-corrected chi connectivity index (χ3v) is 3.10. The molecule has 0 unspecified atom stereocenters. The van der Waals surface area contributed by atoms with Crippen LogP contribution >= 0.6 is 11.6 Å². The molecular weight excluding hydrogens is 262 g/mol. The molecule has 0 atom stereocenters. The van der Waals surface area contributed by atoms with Crippen LogP contribution in [0, 0.1) is 0 Å². The van der Waals surface area contributed by atoms with E-state index < -0.39 is 0 Å². The maximum Gasteiger partial charge on any atom is 0.275 e. The lowest BCUT2D eigenvalue weighted by Crippen LogP contribution is -2.14. The second-order valence-electron chi connectivity index (χ2n) is 4.16. The Balaban J connectivity index is 2.14. The number of amides is 1. The molecule has 5 heteroatoms. The predicted molar refractivity (Wildman–Crippen MR) is 77.1 cm³/mol. The van der Waals surface area contributed by atoms with Crippen LogP contribution in [0.1, 0.15) is 5.56 Å². The van der Waals surface area contributed by atoms with E-state index >= 15 is 0 Å². The quantitative estimate of drug-likeness (QED) is 0.783. The van der Waals surface area contributed by atoms with Gasteiger partial charge in [-0.1, -0.05) is 23.7 Å². The number of nitrogen functional groups attached to an aromatic ring is 1. The highest BCUT2D eigenvalue weighted by Gasteiger charge is 2.26. The van der Waals surface area contributed by atoms with Gasteiger partial charge in [0.2, 0.25) is 0 Å². The van der Waals surface area contributed by atoms with Crippen molar-refractivity contribution >= 4 is 40.3 Å². The number of benzene rings is 2. The van der Waals surface area contributed by atoms with Crippen LogP contribution in [0.2, 0.25) is 5.02 Å². The molecule has 0 saturated heterocycles. The van der Waals surface area contributed by atoms with E-state index in [1.165, 1.54) is 0 Å². The zero-order chi connectivity index (χ0) is 13.4. The van der Waals surface area contributed by atoms with Gasteiger partial charge in [-0.25, -0.2) is 4.99 Å². The van der Waals surface area contributed by atoms with Crippen LogP contribution in [0.5, 0.6) is 0 Å². The lowest BCUT2D eigenvalue weighted by atomic mass is 10.1. The lowest BCUT2D eigenvalue weighted by molar-refractivity contribution is -0.110. The summed E-state index contributed by atoms with van der Waals surface area (Å²) in [6, 6.07) is 12.3. The fourth-order valence-corrected chi connectivity index (χ4v) is 2.12. The van der Waals surface area contributed by atoms with Crippen molar-refractivity contribution in [2.24, 2.45) is 4.99 Å². The summed E-state index contributed by atoms with van der Waals surface area (Å²) in [6.07, 6.45) is 0. The first-order valence-corrected chi connectivity index (χ1v) is 6.07. The van der Waals surface area contributed by atoms with Crippen molar-refractivity contribution < 1.29 is 4.79 Å². The van der Waals surface area contributed by atoms with Crippen molar-refractivity contribution in [3.63, 3.8) is 0 Å². The minimum Gasteiger partial charge on any atom is -0.397 e. The number of fused-ring (bicyclic) bond motifs is 1. The Morgan fingerprint density at radius 3 is 2.74 bits per heavy atom. The monoisotopic (exact) mass is 271 g/mol. The van der Waals surface area contributed by atoms with Crippen LogP contribution in [0.15, 0.2) is 47.5 Å². The highest BCUT2D eigenvalue weighted by atomic mass is 35.5. The van der Waals surface area contributed by atoms with Gasteiger partial charge in [-0.3, -0.25) is 4.79 Å². The summed E-state index contributed by atoms with van der Waals surface area (Å²) in [5, 5.41) is 3.30. The van der Waals surface area contributed by atoms with Crippen LogP contribution < -0.4 is 11.1 Å². The topological polar surface area (TPSA) is 67.5 Å². The van der Waals surface area contributed by atoms with Gasteiger partial charge in [0.15, 0.2) is 0 Å². The van der Waals surface area contributed by atoms with E-state index in [9.17, 15) is 4.79 Å². The Hall–Kier alpha value is -2.33. The molecule has 0 aromatic heterocycles. The number of rotatable bonds is 1. The average Bonchev–Trinajstić information content (AvgIpc) is 2.69. The van der Waals surface area contributed by atoms with E-state index in [0.29, 0.717) is 33.4 Å². The molecule has 0 radical (unpaired) electrons. The summed E-state index contributed by atoms with van der Waals surface area (Å²) < 4.78 is 0.